The van der Waals surface area contributed by atoms with Crippen LogP contribution in [0.1, 0.15) is 44.7 Å². The maximum Gasteiger partial charge on any atom is 0.573 e. The van der Waals surface area contributed by atoms with Gasteiger partial charge in [-0.1, -0.05) is 12.1 Å². The molecule has 0 saturated carbocycles. The summed E-state index contributed by atoms with van der Waals surface area (Å²) in [5.74, 6) is -6.64. The number of aryl methyl sites for hydroxylation is 2. The molecule has 4 N–H and O–H groups in total. The van der Waals surface area contributed by atoms with Crippen LogP contribution in [0, 0.1) is 25.5 Å². The minimum Gasteiger partial charge on any atom is -0.478 e. The highest BCUT2D eigenvalue weighted by Gasteiger charge is 2.34. The van der Waals surface area contributed by atoms with Gasteiger partial charge in [-0.15, -0.1) is 26.3 Å². The van der Waals surface area contributed by atoms with E-state index in [1.807, 2.05) is 0 Å². The molecule has 0 unspecified atom stereocenters. The van der Waals surface area contributed by atoms with E-state index in [2.05, 4.69) is 35.4 Å². The fourth-order valence-corrected chi connectivity index (χ4v) is 7.65. The number of alkyl halides is 12. The fraction of sp³-hybridized carbons (Fsp3) is 0.216. The lowest BCUT2D eigenvalue weighted by Gasteiger charge is -2.15. The Kier molecular flexibility index (Phi) is 16.8. The van der Waals surface area contributed by atoms with Crippen LogP contribution in [-0.2, 0) is 0 Å². The number of nitrogens with one attached hydrogen (secondary N) is 3. The van der Waals surface area contributed by atoms with E-state index >= 15 is 0 Å². The average molecular weight is 1130 g/mol. The molecule has 0 bridgehead atoms. The first-order valence-electron chi connectivity index (χ1n) is 22.7. The molecule has 0 aliphatic carbocycles. The van der Waals surface area contributed by atoms with E-state index in [9.17, 15) is 76.2 Å². The van der Waals surface area contributed by atoms with Crippen LogP contribution in [0.15, 0.2) is 110 Å². The lowest BCUT2D eigenvalue weighted by atomic mass is 10.0. The van der Waals surface area contributed by atoms with Gasteiger partial charge in [0.2, 0.25) is 0 Å². The van der Waals surface area contributed by atoms with Crippen molar-refractivity contribution in [3.05, 3.63) is 144 Å². The zero-order valence-electron chi connectivity index (χ0n) is 40.7. The molecule has 4 aromatic carbocycles. The lowest BCUT2D eigenvalue weighted by Crippen LogP contribution is -2.18. The van der Waals surface area contributed by atoms with Gasteiger partial charge in [-0.3, -0.25) is 13.6 Å². The van der Waals surface area contributed by atoms with Crippen molar-refractivity contribution in [1.82, 2.24) is 24.1 Å². The van der Waals surface area contributed by atoms with Crippen molar-refractivity contribution in [1.29, 1.82) is 0 Å². The summed E-state index contributed by atoms with van der Waals surface area (Å²) in [6, 6.07) is 17.0. The summed E-state index contributed by atoms with van der Waals surface area (Å²) in [7, 11) is 1.50. The Morgan fingerprint density at radius 2 is 0.962 bits per heavy atom. The van der Waals surface area contributed by atoms with Crippen LogP contribution in [0.25, 0.3) is 33.8 Å². The number of carbonyl (C=O) groups is 2. The summed E-state index contributed by atoms with van der Waals surface area (Å²) in [4.78, 5) is 32.0. The highest BCUT2D eigenvalue weighted by molar-refractivity contribution is 5.96. The second kappa shape index (κ2) is 22.9. The van der Waals surface area contributed by atoms with Gasteiger partial charge < -0.3 is 40.0 Å². The number of carbonyl (C=O) groups excluding carboxylic acids is 1. The third kappa shape index (κ3) is 15.2. The molecule has 4 aromatic heterocycles. The number of imidazole rings is 2. The summed E-state index contributed by atoms with van der Waals surface area (Å²) in [6.45, 7) is 2.34. The highest BCUT2D eigenvalue weighted by atomic mass is 19.4. The SMILES string of the molecule is CNC(=O)c1ccc(-c2cnc3c(NCCC(F)(F)F)cc(Oc4ccc(OC(F)(F)F)c(F)c4)cn23)cc1C.Cc1cc(-c2cnc3c(NCCC(F)(F)F)cc(Oc4ccc(OC(F)(F)F)c(F)c4)cn23)ccc1C(=O)O. The van der Waals surface area contributed by atoms with Gasteiger partial charge in [-0.05, 0) is 73.5 Å². The zero-order valence-corrected chi connectivity index (χ0v) is 40.7. The number of amides is 1. The fourth-order valence-electron chi connectivity index (χ4n) is 7.65. The van der Waals surface area contributed by atoms with Crippen LogP contribution >= 0.6 is 0 Å². The number of aromatic nitrogens is 4. The van der Waals surface area contributed by atoms with Crippen molar-refractivity contribution >= 4 is 34.5 Å². The molecular formula is C51H39F14N7O7. The smallest absolute Gasteiger partial charge is 0.478 e. The molecule has 14 nitrogen and oxygen atoms in total. The van der Waals surface area contributed by atoms with E-state index in [-0.39, 0.29) is 57.1 Å². The number of pyridine rings is 2. The largest absolute Gasteiger partial charge is 0.573 e. The minimum atomic E-state index is -5.11. The van der Waals surface area contributed by atoms with Crippen molar-refractivity contribution in [3.8, 4) is 57.0 Å². The third-order valence-corrected chi connectivity index (χ3v) is 11.1. The van der Waals surface area contributed by atoms with Crippen molar-refractivity contribution in [2.24, 2.45) is 0 Å². The maximum atomic E-state index is 14.2. The number of anilines is 2. The molecule has 28 heteroatoms. The number of halogens is 14. The molecular weight excluding hydrogens is 1090 g/mol. The molecule has 8 aromatic rings. The normalized spacial score (nSPS) is 12.0. The van der Waals surface area contributed by atoms with Crippen LogP contribution in [0.2, 0.25) is 0 Å². The molecule has 0 aliphatic rings. The van der Waals surface area contributed by atoms with Crippen molar-refractivity contribution in [2.45, 2.75) is 51.8 Å². The molecule has 8 rings (SSSR count). The zero-order chi connectivity index (χ0) is 57.8. The number of ether oxygens (including phenoxy) is 4. The van der Waals surface area contributed by atoms with Gasteiger partial charge in [0.15, 0.2) is 34.4 Å². The third-order valence-electron chi connectivity index (χ3n) is 11.1. The average Bonchev–Trinajstić information content (AvgIpc) is 4.24. The molecule has 0 aliphatic heterocycles. The van der Waals surface area contributed by atoms with E-state index in [1.54, 1.807) is 38.1 Å². The Bertz CT molecular complexity index is 3540. The standard InChI is InChI=1S/C26H21F7N4O3.C25H18F7N3O4/c1-14-9-15(3-5-18(14)24(38)34-2)21-12-36-23-20(35-8-7-25(28,29)30)11-17(13-37(21)23)39-16-4-6-22(19(27)10-16)40-26(31,32)33;1-13-8-14(2-4-17(13)23(36)37)20-11-34-22-19(33-7-6-24(27,28)29)10-16(12-35(20)22)38-15-3-5-21(18(26)9-15)39-25(30,31)32/h3-6,9-13,35H,7-8H2,1-2H3,(H,34,38);2-5,8-12,33H,6-7H2,1H3,(H,36,37). The molecule has 0 radical (unpaired) electrons. The number of nitrogens with zero attached hydrogens (tertiary/aromatic N) is 4. The number of carboxylic acid groups (broad SMARTS) is 1. The molecule has 0 fully saturated rings. The van der Waals surface area contributed by atoms with Crippen LogP contribution < -0.4 is 34.9 Å². The van der Waals surface area contributed by atoms with Gasteiger partial charge in [0.1, 0.15) is 23.0 Å². The van der Waals surface area contributed by atoms with Crippen molar-refractivity contribution < 1.29 is 95.1 Å². The van der Waals surface area contributed by atoms with Gasteiger partial charge in [0, 0.05) is 61.1 Å². The Balaban J connectivity index is 0.000000229. The number of fused-ring (bicyclic) bond motifs is 2. The Labute approximate surface area is 436 Å². The van der Waals surface area contributed by atoms with Gasteiger partial charge in [-0.2, -0.15) is 26.3 Å². The molecule has 1 amide bonds. The first kappa shape index (κ1) is 57.7. The Morgan fingerprint density at radius 3 is 1.30 bits per heavy atom. The predicted molar refractivity (Wildman–Crippen MR) is 256 cm³/mol. The summed E-state index contributed by atoms with van der Waals surface area (Å²) in [5.41, 5.74) is 4.42. The van der Waals surface area contributed by atoms with Crippen LogP contribution in [0.5, 0.6) is 34.5 Å². The van der Waals surface area contributed by atoms with Crippen molar-refractivity contribution in [3.63, 3.8) is 0 Å². The minimum absolute atomic E-state index is 0.0148. The molecule has 0 atom stereocenters. The number of hydrogen-bond donors (Lipinski definition) is 4. The van der Waals surface area contributed by atoms with Crippen molar-refractivity contribution in [2.75, 3.05) is 30.8 Å². The Hall–Kier alpha value is -8.98. The molecule has 4 heterocycles. The van der Waals surface area contributed by atoms with Crippen LogP contribution in [-0.4, -0.2) is 81.0 Å². The van der Waals surface area contributed by atoms with Gasteiger partial charge in [0.05, 0.1) is 66.0 Å². The number of aromatic carboxylic acids is 1. The van der Waals surface area contributed by atoms with Gasteiger partial charge >= 0.3 is 31.0 Å². The molecule has 0 saturated heterocycles. The quantitative estimate of drug-likeness (QED) is 0.0682. The van der Waals surface area contributed by atoms with Crippen LogP contribution in [0.3, 0.4) is 0 Å². The molecule has 418 valence electrons. The van der Waals surface area contributed by atoms with Crippen LogP contribution in [0.4, 0.5) is 72.8 Å². The maximum absolute atomic E-state index is 14.2. The van der Waals surface area contributed by atoms with Gasteiger partial charge in [0.25, 0.3) is 5.91 Å². The summed E-state index contributed by atoms with van der Waals surface area (Å²) in [5, 5.41) is 17.1. The first-order valence-corrected chi connectivity index (χ1v) is 22.7. The topological polar surface area (TPSA) is 162 Å². The van der Waals surface area contributed by atoms with E-state index in [0.29, 0.717) is 57.4 Å². The van der Waals surface area contributed by atoms with E-state index in [4.69, 9.17) is 9.47 Å². The highest BCUT2D eigenvalue weighted by Crippen LogP contribution is 2.37. The monoisotopic (exact) mass is 1130 g/mol. The molecule has 79 heavy (non-hydrogen) atoms. The van der Waals surface area contributed by atoms with Gasteiger partial charge in [-0.25, -0.2) is 23.5 Å². The number of carboxylic acids is 1. The predicted octanol–water partition coefficient (Wildman–Crippen LogP) is 14.1. The van der Waals surface area contributed by atoms with E-state index in [0.717, 1.165) is 18.2 Å². The molecule has 0 spiro atoms. The summed E-state index contributed by atoms with van der Waals surface area (Å²) >= 11 is 0. The summed E-state index contributed by atoms with van der Waals surface area (Å²) in [6.07, 6.45) is -15.6. The summed E-state index contributed by atoms with van der Waals surface area (Å²) < 4.78 is 201. The first-order chi connectivity index (χ1) is 36.9. The number of benzene rings is 4. The second-order valence-corrected chi connectivity index (χ2v) is 16.9. The number of hydrogen-bond acceptors (Lipinski definition) is 10. The number of rotatable bonds is 16. The van der Waals surface area contributed by atoms with E-state index < -0.39 is 80.1 Å². The Morgan fingerprint density at radius 1 is 0.557 bits per heavy atom. The van der Waals surface area contributed by atoms with E-state index in [1.165, 1.54) is 64.9 Å². The lowest BCUT2D eigenvalue weighted by molar-refractivity contribution is -0.276. The second-order valence-electron chi connectivity index (χ2n) is 16.9.